The number of nitrogens with zero attached hydrogens (tertiary/aromatic N) is 1. The van der Waals surface area contributed by atoms with Gasteiger partial charge in [0.1, 0.15) is 24.0 Å². The number of carbonyl (C=O) groups is 2. The number of carbonyl (C=O) groups excluding carboxylic acids is 1. The summed E-state index contributed by atoms with van der Waals surface area (Å²) in [4.78, 5) is 23.4. The van der Waals surface area contributed by atoms with Crippen molar-refractivity contribution < 1.29 is 28.2 Å². The van der Waals surface area contributed by atoms with Gasteiger partial charge in [-0.25, -0.2) is 13.6 Å². The Morgan fingerprint density at radius 1 is 1.03 bits per heavy atom. The van der Waals surface area contributed by atoms with Gasteiger partial charge in [0.2, 0.25) is 5.91 Å². The number of ether oxygens (including phenoxy) is 1. The van der Waals surface area contributed by atoms with Crippen LogP contribution in [0.3, 0.4) is 0 Å². The lowest BCUT2D eigenvalue weighted by molar-refractivity contribution is -0.114. The Kier molecular flexibility index (Phi) is 7.07. The van der Waals surface area contributed by atoms with E-state index in [1.807, 2.05) is 13.0 Å². The number of carboxylic acids is 1. The van der Waals surface area contributed by atoms with Gasteiger partial charge in [0.25, 0.3) is 0 Å². The number of benzene rings is 3. The van der Waals surface area contributed by atoms with Gasteiger partial charge in [-0.1, -0.05) is 17.7 Å². The van der Waals surface area contributed by atoms with Crippen LogP contribution >= 0.6 is 11.6 Å². The highest BCUT2D eigenvalue weighted by Crippen LogP contribution is 2.37. The molecule has 184 valence electrons. The van der Waals surface area contributed by atoms with Gasteiger partial charge in [-0.15, -0.1) is 0 Å². The second-order valence-electron chi connectivity index (χ2n) is 8.04. The Morgan fingerprint density at radius 3 is 2.42 bits per heavy atom. The van der Waals surface area contributed by atoms with Crippen LogP contribution in [0.4, 0.5) is 14.5 Å². The van der Waals surface area contributed by atoms with Crippen molar-refractivity contribution >= 4 is 29.2 Å². The number of halogens is 3. The van der Waals surface area contributed by atoms with Gasteiger partial charge in [-0.05, 0) is 67.6 Å². The maximum atomic E-state index is 14.1. The predicted molar refractivity (Wildman–Crippen MR) is 133 cm³/mol. The largest absolute Gasteiger partial charge is 0.488 e. The molecule has 0 atom stereocenters. The number of hydrogen-bond acceptors (Lipinski definition) is 3. The highest BCUT2D eigenvalue weighted by Gasteiger charge is 2.19. The summed E-state index contributed by atoms with van der Waals surface area (Å²) in [5.41, 5.74) is 2.33. The zero-order valence-electron chi connectivity index (χ0n) is 19.3. The SMILES string of the molecule is CC(=O)Nc1ccc(-n2c(C)ccc2-c2cc(Cl)ccc2OCc2c(F)cccc2F)cc1C(=O)O. The van der Waals surface area contributed by atoms with Crippen molar-refractivity contribution in [2.45, 2.75) is 20.5 Å². The molecule has 0 saturated carbocycles. The van der Waals surface area contributed by atoms with E-state index in [4.69, 9.17) is 16.3 Å². The monoisotopic (exact) mass is 510 g/mol. The van der Waals surface area contributed by atoms with Crippen molar-refractivity contribution in [3.63, 3.8) is 0 Å². The van der Waals surface area contributed by atoms with Crippen molar-refractivity contribution in [3.05, 3.63) is 100 Å². The minimum Gasteiger partial charge on any atom is -0.488 e. The van der Waals surface area contributed by atoms with Crippen LogP contribution in [0.1, 0.15) is 28.5 Å². The van der Waals surface area contributed by atoms with Crippen LogP contribution < -0.4 is 10.1 Å². The first-order valence-electron chi connectivity index (χ1n) is 10.8. The highest BCUT2D eigenvalue weighted by molar-refractivity contribution is 6.31. The molecule has 1 heterocycles. The van der Waals surface area contributed by atoms with Crippen molar-refractivity contribution in [2.75, 3.05) is 5.32 Å². The van der Waals surface area contributed by atoms with Gasteiger partial charge < -0.3 is 19.7 Å². The molecule has 0 aliphatic carbocycles. The first-order chi connectivity index (χ1) is 17.2. The van der Waals surface area contributed by atoms with E-state index < -0.39 is 23.5 Å². The maximum absolute atomic E-state index is 14.1. The van der Waals surface area contributed by atoms with Gasteiger partial charge in [0.05, 0.1) is 22.5 Å². The molecular formula is C27H21ClF2N2O4. The van der Waals surface area contributed by atoms with Crippen molar-refractivity contribution in [3.8, 4) is 22.7 Å². The third kappa shape index (κ3) is 5.08. The molecule has 2 N–H and O–H groups in total. The number of nitrogens with one attached hydrogen (secondary N) is 1. The van der Waals surface area contributed by atoms with Crippen LogP contribution in [0.2, 0.25) is 5.02 Å². The quantitative estimate of drug-likeness (QED) is 0.293. The van der Waals surface area contributed by atoms with E-state index >= 15 is 0 Å². The van der Waals surface area contributed by atoms with Gasteiger partial charge >= 0.3 is 5.97 Å². The number of amides is 1. The molecule has 4 aromatic rings. The van der Waals surface area contributed by atoms with Crippen LogP contribution in [0, 0.1) is 18.6 Å². The summed E-state index contributed by atoms with van der Waals surface area (Å²) in [6.45, 7) is 2.79. The molecule has 0 spiro atoms. The topological polar surface area (TPSA) is 80.6 Å². The van der Waals surface area contributed by atoms with Crippen LogP contribution in [0.5, 0.6) is 5.75 Å². The van der Waals surface area contributed by atoms with Crippen LogP contribution in [-0.4, -0.2) is 21.6 Å². The van der Waals surface area contributed by atoms with E-state index in [9.17, 15) is 23.5 Å². The smallest absolute Gasteiger partial charge is 0.337 e. The Morgan fingerprint density at radius 2 is 1.75 bits per heavy atom. The summed E-state index contributed by atoms with van der Waals surface area (Å²) in [7, 11) is 0. The molecule has 0 aliphatic rings. The van der Waals surface area contributed by atoms with Gasteiger partial charge in [0.15, 0.2) is 0 Å². The molecule has 0 fully saturated rings. The lowest BCUT2D eigenvalue weighted by atomic mass is 10.1. The molecule has 0 aliphatic heterocycles. The summed E-state index contributed by atoms with van der Waals surface area (Å²) in [5.74, 6) is -2.70. The molecule has 1 aromatic heterocycles. The Balaban J connectivity index is 1.79. The average molecular weight is 511 g/mol. The van der Waals surface area contributed by atoms with Gasteiger partial charge in [0, 0.05) is 28.9 Å². The van der Waals surface area contributed by atoms with Crippen LogP contribution in [-0.2, 0) is 11.4 Å². The number of aromatic nitrogens is 1. The highest BCUT2D eigenvalue weighted by atomic mass is 35.5. The van der Waals surface area contributed by atoms with Gasteiger partial charge in [-0.3, -0.25) is 4.79 Å². The summed E-state index contributed by atoms with van der Waals surface area (Å²) in [6.07, 6.45) is 0. The number of aryl methyl sites for hydroxylation is 1. The fraction of sp³-hybridized carbons (Fsp3) is 0.111. The zero-order chi connectivity index (χ0) is 26.0. The number of hydrogen-bond donors (Lipinski definition) is 2. The third-order valence-corrected chi connectivity index (χ3v) is 5.76. The van der Waals surface area contributed by atoms with E-state index in [0.717, 1.165) is 17.8 Å². The zero-order valence-corrected chi connectivity index (χ0v) is 20.1. The summed E-state index contributed by atoms with van der Waals surface area (Å²) >= 11 is 6.27. The minimum absolute atomic E-state index is 0.0839. The molecular weight excluding hydrogens is 490 g/mol. The molecule has 0 unspecified atom stereocenters. The molecule has 1 amide bonds. The van der Waals surface area contributed by atoms with E-state index in [1.54, 1.807) is 34.9 Å². The number of anilines is 1. The fourth-order valence-electron chi connectivity index (χ4n) is 3.89. The van der Waals surface area contributed by atoms with Crippen molar-refractivity contribution in [1.29, 1.82) is 0 Å². The Labute approximate surface area is 210 Å². The maximum Gasteiger partial charge on any atom is 0.337 e. The number of carboxylic acid groups (broad SMARTS) is 1. The molecule has 4 rings (SSSR count). The Bertz CT molecular complexity index is 1460. The second kappa shape index (κ2) is 10.2. The van der Waals surface area contributed by atoms with Crippen LogP contribution in [0.25, 0.3) is 16.9 Å². The number of rotatable bonds is 7. The summed E-state index contributed by atoms with van der Waals surface area (Å²) in [6, 6.07) is 16.7. The molecule has 6 nitrogen and oxygen atoms in total. The minimum atomic E-state index is -1.20. The molecule has 0 radical (unpaired) electrons. The first kappa shape index (κ1) is 24.9. The van der Waals surface area contributed by atoms with E-state index in [0.29, 0.717) is 27.7 Å². The number of aromatic carboxylic acids is 1. The van der Waals surface area contributed by atoms with Crippen molar-refractivity contribution in [2.24, 2.45) is 0 Å². The fourth-order valence-corrected chi connectivity index (χ4v) is 4.06. The summed E-state index contributed by atoms with van der Waals surface area (Å²) in [5, 5.41) is 12.6. The van der Waals surface area contributed by atoms with E-state index in [-0.39, 0.29) is 23.4 Å². The van der Waals surface area contributed by atoms with Crippen molar-refractivity contribution in [1.82, 2.24) is 4.57 Å². The van der Waals surface area contributed by atoms with Gasteiger partial charge in [-0.2, -0.15) is 0 Å². The molecule has 3 aromatic carbocycles. The molecule has 36 heavy (non-hydrogen) atoms. The van der Waals surface area contributed by atoms with E-state index in [1.165, 1.54) is 25.1 Å². The normalized spacial score (nSPS) is 10.8. The lowest BCUT2D eigenvalue weighted by Crippen LogP contribution is -2.12. The third-order valence-electron chi connectivity index (χ3n) is 5.53. The predicted octanol–water partition coefficient (Wildman–Crippen LogP) is 6.62. The standard InChI is InChI=1S/C27H21ClF2N2O4/c1-15-6-10-25(32(15)18-8-9-24(31-16(2)33)19(13-18)27(34)35)20-12-17(28)7-11-26(20)36-14-21-22(29)4-3-5-23(21)30/h3-13H,14H2,1-2H3,(H,31,33)(H,34,35). The molecule has 0 saturated heterocycles. The second-order valence-corrected chi connectivity index (χ2v) is 8.48. The molecule has 9 heteroatoms. The van der Waals surface area contributed by atoms with E-state index in [2.05, 4.69) is 5.32 Å². The average Bonchev–Trinajstić information content (AvgIpc) is 3.20. The molecule has 0 bridgehead atoms. The lowest BCUT2D eigenvalue weighted by Gasteiger charge is -2.17. The summed E-state index contributed by atoms with van der Waals surface area (Å²) < 4.78 is 35.9. The Hall–Kier alpha value is -4.17. The first-order valence-corrected chi connectivity index (χ1v) is 11.2. The van der Waals surface area contributed by atoms with Crippen LogP contribution in [0.15, 0.2) is 66.7 Å².